The number of piperazine rings is 1. The van der Waals surface area contributed by atoms with Gasteiger partial charge < -0.3 is 14.8 Å². The summed E-state index contributed by atoms with van der Waals surface area (Å²) in [5.41, 5.74) is 0.532. The quantitative estimate of drug-likeness (QED) is 0.711. The highest BCUT2D eigenvalue weighted by atomic mass is 35.5. The number of halogens is 2. The van der Waals surface area contributed by atoms with Gasteiger partial charge in [0.2, 0.25) is 5.89 Å². The number of nitrogens with one attached hydrogen (secondary N) is 1. The molecule has 1 aromatic carbocycles. The van der Waals surface area contributed by atoms with Gasteiger partial charge in [-0.1, -0.05) is 25.4 Å². The molecule has 0 radical (unpaired) electrons. The maximum atomic E-state index is 13.2. The van der Waals surface area contributed by atoms with Crippen LogP contribution in [0.15, 0.2) is 28.9 Å². The molecule has 0 spiro atoms. The molecule has 1 aromatic heterocycles. The van der Waals surface area contributed by atoms with Crippen LogP contribution in [0.3, 0.4) is 0 Å². The van der Waals surface area contributed by atoms with Crippen LogP contribution < -0.4 is 5.32 Å². The number of β-amino-alcohol motifs (C(OH)–C–C–N with tert-alkyl or cyclic N) is 1. The molecule has 2 aromatic rings. The van der Waals surface area contributed by atoms with Crippen LogP contribution in [-0.2, 0) is 6.54 Å². The summed E-state index contributed by atoms with van der Waals surface area (Å²) in [6.45, 7) is 8.63. The molecule has 1 aliphatic rings. The summed E-state index contributed by atoms with van der Waals surface area (Å²) < 4.78 is 18.7. The lowest BCUT2D eigenvalue weighted by Gasteiger charge is -2.35. The van der Waals surface area contributed by atoms with Gasteiger partial charge >= 0.3 is 0 Å². The Kier molecular flexibility index (Phi) is 7.23. The fourth-order valence-electron chi connectivity index (χ4n) is 3.05. The summed E-state index contributed by atoms with van der Waals surface area (Å²) in [5, 5.41) is 12.6. The second-order valence-electron chi connectivity index (χ2n) is 7.60. The fourth-order valence-corrected chi connectivity index (χ4v) is 3.23. The number of hydrogen-bond acceptors (Lipinski definition) is 6. The van der Waals surface area contributed by atoms with Gasteiger partial charge in [0.15, 0.2) is 5.69 Å². The van der Waals surface area contributed by atoms with Gasteiger partial charge in [-0.25, -0.2) is 9.37 Å². The van der Waals surface area contributed by atoms with Gasteiger partial charge in [-0.3, -0.25) is 14.6 Å². The first-order valence-electron chi connectivity index (χ1n) is 9.65. The molecule has 2 N–H and O–H groups in total. The third-order valence-corrected chi connectivity index (χ3v) is 5.29. The Hall–Kier alpha value is -2.00. The van der Waals surface area contributed by atoms with Crippen molar-refractivity contribution in [2.45, 2.75) is 26.5 Å². The minimum Gasteiger partial charge on any atom is -0.447 e. The predicted octanol–water partition coefficient (Wildman–Crippen LogP) is 2.85. The largest absolute Gasteiger partial charge is 0.447 e. The fraction of sp³-hybridized carbons (Fsp3) is 0.500. The number of aliphatic hydroxyl groups is 1. The Balaban J connectivity index is 1.49. The third kappa shape index (κ3) is 5.99. The zero-order chi connectivity index (χ0) is 21.0. The van der Waals surface area contributed by atoms with E-state index in [2.05, 4.69) is 20.1 Å². The van der Waals surface area contributed by atoms with Gasteiger partial charge in [0.1, 0.15) is 12.1 Å². The lowest BCUT2D eigenvalue weighted by atomic mass is 10.1. The molecular formula is C20H26ClFN4O3. The number of benzene rings is 1. The number of anilines is 1. The molecule has 3 rings (SSSR count). The van der Waals surface area contributed by atoms with Gasteiger partial charge in [-0.05, 0) is 24.1 Å². The minimum atomic E-state index is -0.549. The minimum absolute atomic E-state index is 0.0660. The Labute approximate surface area is 174 Å². The summed E-state index contributed by atoms with van der Waals surface area (Å²) >= 11 is 5.73. The Morgan fingerprint density at radius 1 is 1.31 bits per heavy atom. The average Bonchev–Trinajstić information content (AvgIpc) is 3.15. The topological polar surface area (TPSA) is 81.8 Å². The highest BCUT2D eigenvalue weighted by molar-refractivity contribution is 6.31. The first-order chi connectivity index (χ1) is 13.8. The summed E-state index contributed by atoms with van der Waals surface area (Å²) in [5.74, 6) is -0.291. The molecule has 1 atom stereocenters. The van der Waals surface area contributed by atoms with Crippen molar-refractivity contribution >= 4 is 23.2 Å². The molecule has 0 aliphatic carbocycles. The van der Waals surface area contributed by atoms with E-state index in [4.69, 9.17) is 16.0 Å². The van der Waals surface area contributed by atoms with Crippen LogP contribution in [0.5, 0.6) is 0 Å². The van der Waals surface area contributed by atoms with E-state index in [0.717, 1.165) is 26.2 Å². The smallest absolute Gasteiger partial charge is 0.277 e. The normalized spacial score (nSPS) is 16.9. The van der Waals surface area contributed by atoms with Crippen molar-refractivity contribution in [2.24, 2.45) is 5.92 Å². The second-order valence-corrected chi connectivity index (χ2v) is 8.00. The summed E-state index contributed by atoms with van der Waals surface area (Å²) in [6, 6.07) is 3.95. The van der Waals surface area contributed by atoms with Crippen LogP contribution in [0.25, 0.3) is 0 Å². The molecule has 1 unspecified atom stereocenters. The molecule has 2 heterocycles. The van der Waals surface area contributed by atoms with Crippen molar-refractivity contribution in [1.82, 2.24) is 14.8 Å². The van der Waals surface area contributed by atoms with E-state index < -0.39 is 11.7 Å². The predicted molar refractivity (Wildman–Crippen MR) is 108 cm³/mol. The number of rotatable bonds is 7. The molecule has 1 aliphatic heterocycles. The van der Waals surface area contributed by atoms with E-state index in [0.29, 0.717) is 24.7 Å². The standard InChI is InChI=1S/C20H26ClFN4O3/c1-13(2)18(27)10-25-5-7-26(8-6-25)11-19-24-17(12-29-19)20(28)23-14-3-4-16(22)15(21)9-14/h3-4,9,12-13,18,27H,5-8,10-11H2,1-2H3,(H,23,28). The highest BCUT2D eigenvalue weighted by Crippen LogP contribution is 2.20. The van der Waals surface area contributed by atoms with Crippen LogP contribution in [0.4, 0.5) is 10.1 Å². The molecule has 0 bridgehead atoms. The molecule has 7 nitrogen and oxygen atoms in total. The number of nitrogens with zero attached hydrogens (tertiary/aromatic N) is 3. The number of carbonyl (C=O) groups is 1. The van der Waals surface area contributed by atoms with Crippen LogP contribution in [0, 0.1) is 11.7 Å². The third-order valence-electron chi connectivity index (χ3n) is 5.00. The second kappa shape index (κ2) is 9.67. The molecular weight excluding hydrogens is 399 g/mol. The number of amides is 1. The van der Waals surface area contributed by atoms with Gasteiger partial charge in [0.25, 0.3) is 5.91 Å². The van der Waals surface area contributed by atoms with E-state index in [1.54, 1.807) is 0 Å². The zero-order valence-electron chi connectivity index (χ0n) is 16.6. The molecule has 1 fully saturated rings. The lowest BCUT2D eigenvalue weighted by molar-refractivity contribution is 0.0463. The van der Waals surface area contributed by atoms with Crippen LogP contribution in [-0.4, -0.2) is 64.6 Å². The van der Waals surface area contributed by atoms with E-state index in [1.807, 2.05) is 13.8 Å². The maximum absolute atomic E-state index is 13.2. The maximum Gasteiger partial charge on any atom is 0.277 e. The Morgan fingerprint density at radius 3 is 2.66 bits per heavy atom. The Bertz CT molecular complexity index is 837. The van der Waals surface area contributed by atoms with Gasteiger partial charge in [0.05, 0.1) is 17.7 Å². The molecule has 9 heteroatoms. The van der Waals surface area contributed by atoms with Crippen molar-refractivity contribution in [3.8, 4) is 0 Å². The van der Waals surface area contributed by atoms with Crippen LogP contribution in [0.1, 0.15) is 30.2 Å². The van der Waals surface area contributed by atoms with E-state index in [9.17, 15) is 14.3 Å². The number of aliphatic hydroxyl groups excluding tert-OH is 1. The van der Waals surface area contributed by atoms with Gasteiger partial charge in [-0.15, -0.1) is 0 Å². The van der Waals surface area contributed by atoms with Crippen molar-refractivity contribution in [1.29, 1.82) is 0 Å². The van der Waals surface area contributed by atoms with Crippen molar-refractivity contribution < 1.29 is 18.7 Å². The summed E-state index contributed by atoms with van der Waals surface area (Å²) in [4.78, 5) is 21.0. The van der Waals surface area contributed by atoms with Crippen molar-refractivity contribution in [2.75, 3.05) is 38.0 Å². The highest BCUT2D eigenvalue weighted by Gasteiger charge is 2.22. The molecule has 158 valence electrons. The van der Waals surface area contributed by atoms with Gasteiger partial charge in [0, 0.05) is 38.4 Å². The SMILES string of the molecule is CC(C)C(O)CN1CCN(Cc2nc(C(=O)Nc3ccc(F)c(Cl)c3)co2)CC1. The Morgan fingerprint density at radius 2 is 2.00 bits per heavy atom. The zero-order valence-corrected chi connectivity index (χ0v) is 17.3. The molecule has 0 saturated carbocycles. The van der Waals surface area contributed by atoms with Crippen molar-refractivity contribution in [3.05, 3.63) is 46.9 Å². The van der Waals surface area contributed by atoms with Crippen LogP contribution in [0.2, 0.25) is 5.02 Å². The lowest BCUT2D eigenvalue weighted by Crippen LogP contribution is -2.48. The van der Waals surface area contributed by atoms with Gasteiger partial charge in [-0.2, -0.15) is 0 Å². The number of carbonyl (C=O) groups excluding carboxylic acids is 1. The van der Waals surface area contributed by atoms with E-state index in [-0.39, 0.29) is 22.7 Å². The monoisotopic (exact) mass is 424 g/mol. The van der Waals surface area contributed by atoms with E-state index in [1.165, 1.54) is 24.5 Å². The number of oxazole rings is 1. The summed E-state index contributed by atoms with van der Waals surface area (Å²) in [6.07, 6.45) is 0.996. The molecule has 29 heavy (non-hydrogen) atoms. The first kappa shape index (κ1) is 21.7. The first-order valence-corrected chi connectivity index (χ1v) is 10.0. The van der Waals surface area contributed by atoms with Crippen LogP contribution >= 0.6 is 11.6 Å². The van der Waals surface area contributed by atoms with Crippen molar-refractivity contribution in [3.63, 3.8) is 0 Å². The van der Waals surface area contributed by atoms with E-state index >= 15 is 0 Å². The number of hydrogen-bond donors (Lipinski definition) is 2. The molecule has 1 saturated heterocycles. The summed E-state index contributed by atoms with van der Waals surface area (Å²) in [7, 11) is 0. The average molecular weight is 425 g/mol. The number of aromatic nitrogens is 1. The molecule has 1 amide bonds.